The zero-order valence-corrected chi connectivity index (χ0v) is 12.0. The second-order valence-corrected chi connectivity index (χ2v) is 8.46. The maximum absolute atomic E-state index is 11.6. The molecule has 5 aliphatic carbocycles. The van der Waals surface area contributed by atoms with Crippen LogP contribution in [0.15, 0.2) is 24.4 Å². The fraction of sp³-hybridized carbons (Fsp3) is 0.722. The summed E-state index contributed by atoms with van der Waals surface area (Å²) in [4.78, 5) is 7.01. The third-order valence-corrected chi connectivity index (χ3v) is 8.55. The van der Waals surface area contributed by atoms with E-state index in [0.29, 0.717) is 11.8 Å². The van der Waals surface area contributed by atoms with E-state index in [-0.39, 0.29) is 0 Å². The molecule has 4 bridgehead atoms. The molecule has 0 amide bonds. The number of hydrogen-bond donors (Lipinski definition) is 1. The van der Waals surface area contributed by atoms with Gasteiger partial charge in [-0.2, -0.15) is 0 Å². The van der Waals surface area contributed by atoms with Crippen molar-refractivity contribution in [1.82, 2.24) is 9.88 Å². The van der Waals surface area contributed by atoms with E-state index in [1.165, 1.54) is 12.1 Å². The van der Waals surface area contributed by atoms with Crippen LogP contribution >= 0.6 is 0 Å². The lowest BCUT2D eigenvalue weighted by atomic mass is 9.59. The SMILES string of the molecule is OC12C3C4CC5C6C4C1C6C(C53)N2CCc1ccccn1. The molecular weight excluding hydrogens is 260 g/mol. The Morgan fingerprint density at radius 3 is 2.95 bits per heavy atom. The Morgan fingerprint density at radius 2 is 2.10 bits per heavy atom. The molecule has 10 unspecified atom stereocenters. The van der Waals surface area contributed by atoms with Gasteiger partial charge in [-0.15, -0.1) is 0 Å². The van der Waals surface area contributed by atoms with Crippen LogP contribution in [0.3, 0.4) is 0 Å². The normalized spacial score (nSPS) is 63.2. The van der Waals surface area contributed by atoms with Crippen molar-refractivity contribution in [3.63, 3.8) is 0 Å². The molecule has 108 valence electrons. The molecule has 21 heavy (non-hydrogen) atoms. The van der Waals surface area contributed by atoms with E-state index in [2.05, 4.69) is 22.0 Å². The largest absolute Gasteiger partial charge is 0.375 e. The topological polar surface area (TPSA) is 36.4 Å². The predicted molar refractivity (Wildman–Crippen MR) is 75.9 cm³/mol. The third kappa shape index (κ3) is 0.825. The highest BCUT2D eigenvalue weighted by Gasteiger charge is 2.93. The van der Waals surface area contributed by atoms with Gasteiger partial charge in [-0.05, 0) is 54.1 Å². The van der Waals surface area contributed by atoms with Gasteiger partial charge in [0.15, 0.2) is 0 Å². The summed E-state index contributed by atoms with van der Waals surface area (Å²) in [6, 6.07) is 6.90. The Kier molecular flexibility index (Phi) is 1.50. The highest BCUT2D eigenvalue weighted by Crippen LogP contribution is 2.90. The molecule has 0 aromatic carbocycles. The molecule has 0 radical (unpaired) electrons. The highest BCUT2D eigenvalue weighted by molar-refractivity contribution is 5.40. The molecule has 5 saturated carbocycles. The number of aromatic nitrogens is 1. The second kappa shape index (κ2) is 2.93. The zero-order chi connectivity index (χ0) is 13.5. The lowest BCUT2D eigenvalue weighted by molar-refractivity contribution is -0.130. The standard InChI is InChI=1S/C18H20N2O/c21-18-15-10-7-9-11-12(10)16(18)14(11)17(13(9)15)20(18)6-4-8-3-1-2-5-19-8/h1-3,5,9-17,21H,4,6-7H2. The van der Waals surface area contributed by atoms with Gasteiger partial charge in [0, 0.05) is 42.7 Å². The summed E-state index contributed by atoms with van der Waals surface area (Å²) in [5.41, 5.74) is 0.760. The van der Waals surface area contributed by atoms with Crippen molar-refractivity contribution in [2.45, 2.75) is 24.6 Å². The van der Waals surface area contributed by atoms with Crippen molar-refractivity contribution in [3.8, 4) is 0 Å². The van der Waals surface area contributed by atoms with Gasteiger partial charge in [-0.1, -0.05) is 6.07 Å². The van der Waals surface area contributed by atoms with E-state index in [9.17, 15) is 5.11 Å². The molecule has 2 saturated heterocycles. The summed E-state index contributed by atoms with van der Waals surface area (Å²) in [6.45, 7) is 1.01. The molecule has 3 heteroatoms. The fourth-order valence-electron chi connectivity index (χ4n) is 8.65. The number of pyridine rings is 1. The molecule has 3 nitrogen and oxygen atoms in total. The number of rotatable bonds is 3. The lowest BCUT2D eigenvalue weighted by Gasteiger charge is -2.45. The second-order valence-electron chi connectivity index (χ2n) is 8.46. The van der Waals surface area contributed by atoms with Gasteiger partial charge >= 0.3 is 0 Å². The molecule has 3 heterocycles. The van der Waals surface area contributed by atoms with Crippen LogP contribution in [-0.2, 0) is 6.42 Å². The van der Waals surface area contributed by atoms with E-state index < -0.39 is 5.72 Å². The first kappa shape index (κ1) is 10.7. The van der Waals surface area contributed by atoms with E-state index in [0.717, 1.165) is 54.5 Å². The van der Waals surface area contributed by atoms with Crippen molar-refractivity contribution in [2.75, 3.05) is 6.54 Å². The Morgan fingerprint density at radius 1 is 1.14 bits per heavy atom. The quantitative estimate of drug-likeness (QED) is 0.909. The van der Waals surface area contributed by atoms with Crippen LogP contribution in [0.2, 0.25) is 0 Å². The molecule has 1 N–H and O–H groups in total. The van der Waals surface area contributed by atoms with Crippen LogP contribution < -0.4 is 0 Å². The highest BCUT2D eigenvalue weighted by atomic mass is 16.3. The van der Waals surface area contributed by atoms with Crippen LogP contribution in [-0.4, -0.2) is 33.3 Å². The minimum absolute atomic E-state index is 0.411. The summed E-state index contributed by atoms with van der Waals surface area (Å²) in [5.74, 6) is 6.81. The maximum Gasteiger partial charge on any atom is 0.125 e. The van der Waals surface area contributed by atoms with Crippen LogP contribution in [0.5, 0.6) is 0 Å². The van der Waals surface area contributed by atoms with Crippen LogP contribution in [0, 0.1) is 47.3 Å². The molecule has 7 aliphatic rings. The Labute approximate surface area is 124 Å². The first-order chi connectivity index (χ1) is 10.3. The van der Waals surface area contributed by atoms with Crippen molar-refractivity contribution < 1.29 is 5.11 Å². The monoisotopic (exact) mass is 280 g/mol. The summed E-state index contributed by atoms with van der Waals surface area (Å²) in [7, 11) is 0. The van der Waals surface area contributed by atoms with Crippen LogP contribution in [0.4, 0.5) is 0 Å². The Balaban J connectivity index is 1.27. The van der Waals surface area contributed by atoms with Crippen LogP contribution in [0.25, 0.3) is 0 Å². The maximum atomic E-state index is 11.6. The van der Waals surface area contributed by atoms with Gasteiger partial charge in [0.1, 0.15) is 5.72 Å². The summed E-state index contributed by atoms with van der Waals surface area (Å²) >= 11 is 0. The molecule has 10 atom stereocenters. The van der Waals surface area contributed by atoms with E-state index in [4.69, 9.17) is 0 Å². The molecule has 0 spiro atoms. The molecule has 7 fully saturated rings. The lowest BCUT2D eigenvalue weighted by Crippen LogP contribution is -2.51. The van der Waals surface area contributed by atoms with Crippen molar-refractivity contribution in [3.05, 3.63) is 30.1 Å². The van der Waals surface area contributed by atoms with Gasteiger partial charge in [-0.25, -0.2) is 0 Å². The van der Waals surface area contributed by atoms with Gasteiger partial charge in [0.25, 0.3) is 0 Å². The zero-order valence-electron chi connectivity index (χ0n) is 12.0. The Bertz CT molecular complexity index is 662. The predicted octanol–water partition coefficient (Wildman–Crippen LogP) is 1.38. The Hall–Kier alpha value is -0.930. The van der Waals surface area contributed by atoms with Crippen molar-refractivity contribution >= 4 is 0 Å². The average Bonchev–Trinajstić information content (AvgIpc) is 3.10. The average molecular weight is 280 g/mol. The molecule has 2 aliphatic heterocycles. The van der Waals surface area contributed by atoms with E-state index in [1.54, 1.807) is 0 Å². The first-order valence-corrected chi connectivity index (χ1v) is 8.71. The minimum Gasteiger partial charge on any atom is -0.375 e. The molecule has 1 aromatic heterocycles. The smallest absolute Gasteiger partial charge is 0.125 e. The number of nitrogens with zero attached hydrogens (tertiary/aromatic N) is 2. The van der Waals surface area contributed by atoms with E-state index in [1.807, 2.05) is 12.3 Å². The minimum atomic E-state index is -0.411. The number of hydrogen-bond acceptors (Lipinski definition) is 3. The van der Waals surface area contributed by atoms with Gasteiger partial charge in [-0.3, -0.25) is 9.88 Å². The summed E-state index contributed by atoms with van der Waals surface area (Å²) in [5, 5.41) is 11.6. The summed E-state index contributed by atoms with van der Waals surface area (Å²) in [6.07, 6.45) is 4.34. The van der Waals surface area contributed by atoms with Crippen molar-refractivity contribution in [1.29, 1.82) is 0 Å². The summed E-state index contributed by atoms with van der Waals surface area (Å²) < 4.78 is 0. The number of aliphatic hydroxyl groups is 1. The van der Waals surface area contributed by atoms with E-state index >= 15 is 0 Å². The fourth-order valence-corrected chi connectivity index (χ4v) is 8.65. The first-order valence-electron chi connectivity index (χ1n) is 8.71. The van der Waals surface area contributed by atoms with Crippen LogP contribution in [0.1, 0.15) is 12.1 Å². The van der Waals surface area contributed by atoms with Gasteiger partial charge in [0.2, 0.25) is 0 Å². The molecule has 8 rings (SSSR count). The third-order valence-electron chi connectivity index (χ3n) is 8.55. The van der Waals surface area contributed by atoms with Gasteiger partial charge < -0.3 is 5.11 Å². The van der Waals surface area contributed by atoms with Gasteiger partial charge in [0.05, 0.1) is 0 Å². The molecular formula is C18H20N2O. The molecule has 1 aromatic rings. The van der Waals surface area contributed by atoms with Crippen molar-refractivity contribution in [2.24, 2.45) is 47.3 Å².